The Morgan fingerprint density at radius 1 is 1.32 bits per heavy atom. The molecule has 128 valence electrons. The van der Waals surface area contributed by atoms with Crippen LogP contribution in [0.1, 0.15) is 24.2 Å². The van der Waals surface area contributed by atoms with Gasteiger partial charge in [-0.25, -0.2) is 4.98 Å². The molecule has 2 heterocycles. The summed E-state index contributed by atoms with van der Waals surface area (Å²) in [7, 11) is 1.70. The van der Waals surface area contributed by atoms with Gasteiger partial charge in [0, 0.05) is 37.6 Å². The van der Waals surface area contributed by atoms with E-state index in [9.17, 15) is 4.79 Å². The van der Waals surface area contributed by atoms with E-state index < -0.39 is 0 Å². The molecular weight excluding hydrogens is 318 g/mol. The van der Waals surface area contributed by atoms with Gasteiger partial charge in [0.15, 0.2) is 5.82 Å². The highest BCUT2D eigenvalue weighted by Crippen LogP contribution is 2.11. The SMILES string of the molecule is CCc1noc(CN(C)C(=O)/C=C/c2ccc(-n3ccnc3)cc2)n1. The first-order valence-electron chi connectivity index (χ1n) is 7.98. The Hall–Kier alpha value is -3.22. The molecule has 0 radical (unpaired) electrons. The number of carbonyl (C=O) groups excluding carboxylic acids is 1. The maximum Gasteiger partial charge on any atom is 0.246 e. The number of imidazole rings is 1. The number of likely N-dealkylation sites (N-methyl/N-ethyl adjacent to an activating group) is 1. The monoisotopic (exact) mass is 337 g/mol. The fraction of sp³-hybridized carbons (Fsp3) is 0.222. The van der Waals surface area contributed by atoms with Gasteiger partial charge in [-0.2, -0.15) is 4.98 Å². The zero-order valence-electron chi connectivity index (χ0n) is 14.2. The van der Waals surface area contributed by atoms with Gasteiger partial charge in [0.25, 0.3) is 0 Å². The van der Waals surface area contributed by atoms with Crippen molar-refractivity contribution in [3.63, 3.8) is 0 Å². The Kier molecular flexibility index (Phi) is 5.03. The van der Waals surface area contributed by atoms with Crippen LogP contribution in [0.4, 0.5) is 0 Å². The first-order valence-corrected chi connectivity index (χ1v) is 7.98. The maximum atomic E-state index is 12.2. The molecule has 0 bridgehead atoms. The molecule has 7 nitrogen and oxygen atoms in total. The quantitative estimate of drug-likeness (QED) is 0.646. The van der Waals surface area contributed by atoms with Crippen molar-refractivity contribution < 1.29 is 9.32 Å². The Morgan fingerprint density at radius 2 is 2.12 bits per heavy atom. The molecule has 3 rings (SSSR count). The molecule has 2 aromatic heterocycles. The first kappa shape index (κ1) is 16.6. The van der Waals surface area contributed by atoms with E-state index in [2.05, 4.69) is 15.1 Å². The number of benzene rings is 1. The van der Waals surface area contributed by atoms with E-state index in [4.69, 9.17) is 4.52 Å². The fourth-order valence-electron chi connectivity index (χ4n) is 2.24. The molecule has 25 heavy (non-hydrogen) atoms. The van der Waals surface area contributed by atoms with Crippen LogP contribution in [0.15, 0.2) is 53.6 Å². The number of hydrogen-bond donors (Lipinski definition) is 0. The zero-order valence-corrected chi connectivity index (χ0v) is 14.2. The molecule has 7 heteroatoms. The largest absolute Gasteiger partial charge is 0.337 e. The standard InChI is InChI=1S/C18H19N5O2/c1-3-16-20-17(25-21-16)12-22(2)18(24)9-6-14-4-7-15(8-5-14)23-11-10-19-13-23/h4-11,13H,3,12H2,1-2H3/b9-6+. The Labute approximate surface area is 145 Å². The zero-order chi connectivity index (χ0) is 17.6. The molecule has 0 N–H and O–H groups in total. The van der Waals surface area contributed by atoms with Crippen molar-refractivity contribution in [2.24, 2.45) is 0 Å². The molecule has 0 aliphatic carbocycles. The summed E-state index contributed by atoms with van der Waals surface area (Å²) in [5.74, 6) is 0.949. The van der Waals surface area contributed by atoms with Crippen LogP contribution in [0.5, 0.6) is 0 Å². The minimum absolute atomic E-state index is 0.130. The van der Waals surface area contributed by atoms with E-state index in [0.29, 0.717) is 18.1 Å². The van der Waals surface area contributed by atoms with Crippen molar-refractivity contribution in [2.45, 2.75) is 19.9 Å². The van der Waals surface area contributed by atoms with Gasteiger partial charge >= 0.3 is 0 Å². The normalized spacial score (nSPS) is 11.1. The third-order valence-electron chi connectivity index (χ3n) is 3.69. The first-order chi connectivity index (χ1) is 12.2. The third kappa shape index (κ3) is 4.20. The Balaban J connectivity index is 1.59. The van der Waals surface area contributed by atoms with E-state index in [1.54, 1.807) is 25.6 Å². The molecule has 0 atom stereocenters. The molecule has 0 aliphatic rings. The van der Waals surface area contributed by atoms with Crippen LogP contribution >= 0.6 is 0 Å². The predicted molar refractivity (Wildman–Crippen MR) is 92.7 cm³/mol. The number of hydrogen-bond acceptors (Lipinski definition) is 5. The molecule has 0 saturated carbocycles. The van der Waals surface area contributed by atoms with E-state index in [1.165, 1.54) is 11.0 Å². The van der Waals surface area contributed by atoms with Crippen molar-refractivity contribution in [2.75, 3.05) is 7.05 Å². The highest BCUT2D eigenvalue weighted by molar-refractivity contribution is 5.91. The molecule has 0 unspecified atom stereocenters. The van der Waals surface area contributed by atoms with Crippen LogP contribution < -0.4 is 0 Å². The number of aromatic nitrogens is 4. The van der Waals surface area contributed by atoms with Gasteiger partial charge in [-0.1, -0.05) is 24.2 Å². The van der Waals surface area contributed by atoms with Gasteiger partial charge < -0.3 is 14.0 Å². The second-order valence-corrected chi connectivity index (χ2v) is 5.55. The molecule has 1 aromatic carbocycles. The van der Waals surface area contributed by atoms with Crippen LogP contribution in [-0.4, -0.2) is 37.5 Å². The van der Waals surface area contributed by atoms with E-state index in [1.807, 2.05) is 42.0 Å². The lowest BCUT2D eigenvalue weighted by molar-refractivity contribution is -0.125. The average molecular weight is 337 g/mol. The van der Waals surface area contributed by atoms with Gasteiger partial charge in [-0.15, -0.1) is 0 Å². The molecule has 1 amide bonds. The summed E-state index contributed by atoms with van der Waals surface area (Å²) >= 11 is 0. The van der Waals surface area contributed by atoms with Crippen LogP contribution in [0.2, 0.25) is 0 Å². The van der Waals surface area contributed by atoms with E-state index >= 15 is 0 Å². The summed E-state index contributed by atoms with van der Waals surface area (Å²) in [5.41, 5.74) is 1.96. The predicted octanol–water partition coefficient (Wildman–Crippen LogP) is 2.49. The van der Waals surface area contributed by atoms with Crippen molar-refractivity contribution in [1.29, 1.82) is 0 Å². The number of aryl methyl sites for hydroxylation is 1. The molecule has 0 saturated heterocycles. The number of amides is 1. The van der Waals surface area contributed by atoms with E-state index in [-0.39, 0.29) is 12.5 Å². The van der Waals surface area contributed by atoms with Crippen molar-refractivity contribution in [3.8, 4) is 5.69 Å². The van der Waals surface area contributed by atoms with Gasteiger partial charge in [0.2, 0.25) is 11.8 Å². The lowest BCUT2D eigenvalue weighted by Gasteiger charge is -2.11. The lowest BCUT2D eigenvalue weighted by atomic mass is 10.2. The highest BCUT2D eigenvalue weighted by Gasteiger charge is 2.11. The number of carbonyl (C=O) groups is 1. The smallest absolute Gasteiger partial charge is 0.246 e. The maximum absolute atomic E-state index is 12.2. The van der Waals surface area contributed by atoms with E-state index in [0.717, 1.165) is 11.3 Å². The minimum atomic E-state index is -0.130. The Morgan fingerprint density at radius 3 is 2.76 bits per heavy atom. The van der Waals surface area contributed by atoms with Crippen LogP contribution in [-0.2, 0) is 17.8 Å². The third-order valence-corrected chi connectivity index (χ3v) is 3.69. The molecule has 0 fully saturated rings. The van der Waals surface area contributed by atoms with Crippen molar-refractivity contribution in [1.82, 2.24) is 24.6 Å². The van der Waals surface area contributed by atoms with Crippen molar-refractivity contribution >= 4 is 12.0 Å². The van der Waals surface area contributed by atoms with Crippen LogP contribution in [0.25, 0.3) is 11.8 Å². The fourth-order valence-corrected chi connectivity index (χ4v) is 2.24. The summed E-state index contributed by atoms with van der Waals surface area (Å²) in [6, 6.07) is 7.84. The van der Waals surface area contributed by atoms with Gasteiger partial charge in [-0.3, -0.25) is 4.79 Å². The summed E-state index contributed by atoms with van der Waals surface area (Å²) in [6.45, 7) is 2.24. The minimum Gasteiger partial charge on any atom is -0.337 e. The number of rotatable bonds is 6. The van der Waals surface area contributed by atoms with Gasteiger partial charge in [0.05, 0.1) is 12.9 Å². The second kappa shape index (κ2) is 7.57. The summed E-state index contributed by atoms with van der Waals surface area (Å²) < 4.78 is 7.02. The topological polar surface area (TPSA) is 77.0 Å². The molecule has 0 spiro atoms. The van der Waals surface area contributed by atoms with Crippen LogP contribution in [0.3, 0.4) is 0 Å². The molecular formula is C18H19N5O2. The second-order valence-electron chi connectivity index (χ2n) is 5.55. The summed E-state index contributed by atoms with van der Waals surface area (Å²) in [4.78, 5) is 21.9. The van der Waals surface area contributed by atoms with Gasteiger partial charge in [0.1, 0.15) is 0 Å². The van der Waals surface area contributed by atoms with Crippen molar-refractivity contribution in [3.05, 3.63) is 66.3 Å². The van der Waals surface area contributed by atoms with Crippen LogP contribution in [0, 0.1) is 0 Å². The highest BCUT2D eigenvalue weighted by atomic mass is 16.5. The Bertz CT molecular complexity index is 850. The summed E-state index contributed by atoms with van der Waals surface area (Å²) in [6.07, 6.45) is 9.37. The molecule has 0 aliphatic heterocycles. The lowest BCUT2D eigenvalue weighted by Crippen LogP contribution is -2.24. The van der Waals surface area contributed by atoms with Gasteiger partial charge in [-0.05, 0) is 23.8 Å². The molecule has 3 aromatic rings. The average Bonchev–Trinajstić information content (AvgIpc) is 3.31. The summed E-state index contributed by atoms with van der Waals surface area (Å²) in [5, 5.41) is 3.82. The number of nitrogens with zero attached hydrogens (tertiary/aromatic N) is 5.